The van der Waals surface area contributed by atoms with Gasteiger partial charge in [0.05, 0.1) is 23.9 Å². The first-order valence-corrected chi connectivity index (χ1v) is 10.9. The Morgan fingerprint density at radius 2 is 1.74 bits per heavy atom. The summed E-state index contributed by atoms with van der Waals surface area (Å²) in [7, 11) is 1.60. The number of halogens is 1. The highest BCUT2D eigenvalue weighted by atomic mass is 19.1. The van der Waals surface area contributed by atoms with Crippen molar-refractivity contribution in [1.29, 1.82) is 0 Å². The molecule has 1 amide bonds. The van der Waals surface area contributed by atoms with Crippen LogP contribution in [0.4, 0.5) is 10.1 Å². The quantitative estimate of drug-likeness (QED) is 0.658. The smallest absolute Gasteiger partial charge is 0.303 e. The summed E-state index contributed by atoms with van der Waals surface area (Å²) in [6.45, 7) is 8.92. The lowest BCUT2D eigenvalue weighted by atomic mass is 9.99. The van der Waals surface area contributed by atoms with E-state index in [1.165, 1.54) is 15.9 Å². The highest BCUT2D eigenvalue weighted by Gasteiger charge is 2.39. The molecule has 0 atom stereocenters. The number of carbonyl (C=O) groups excluding carboxylic acids is 2. The Morgan fingerprint density at radius 3 is 2.42 bits per heavy atom. The number of anilines is 1. The van der Waals surface area contributed by atoms with Crippen LogP contribution >= 0.6 is 0 Å². The minimum atomic E-state index is -0.428. The Kier molecular flexibility index (Phi) is 6.07. The van der Waals surface area contributed by atoms with E-state index in [-0.39, 0.29) is 5.82 Å². The van der Waals surface area contributed by atoms with Gasteiger partial charge < -0.3 is 14.5 Å². The Bertz CT molecular complexity index is 1000. The van der Waals surface area contributed by atoms with Gasteiger partial charge in [0, 0.05) is 0 Å². The largest absolute Gasteiger partial charge is 0.496 e. The average molecular weight is 428 g/mol. The maximum absolute atomic E-state index is 13.7. The van der Waals surface area contributed by atoms with E-state index in [0.717, 1.165) is 43.0 Å². The normalized spacial score (nSPS) is 21.0. The van der Waals surface area contributed by atoms with Gasteiger partial charge in [-0.1, -0.05) is 19.9 Å². The molecule has 2 heterocycles. The molecule has 7 heteroatoms. The van der Waals surface area contributed by atoms with Crippen LogP contribution in [0.5, 0.6) is 5.75 Å². The number of benzene rings is 2. The van der Waals surface area contributed by atoms with Gasteiger partial charge in [0.2, 0.25) is 0 Å². The summed E-state index contributed by atoms with van der Waals surface area (Å²) in [5.41, 5.74) is 3.19. The van der Waals surface area contributed by atoms with Gasteiger partial charge in [0.1, 0.15) is 44.3 Å². The van der Waals surface area contributed by atoms with Gasteiger partial charge in [-0.15, -0.1) is 0 Å². The standard InChI is InChI=1S/C24H28FN3O3/c1-16(2)17-4-6-21-20(13-17)23(29)24(30)28(21)15-27-10-8-26(9-11-27)14-18-12-19(25)5-7-22(18)31-3/h4-7,12-13,16H,8-11,14-15H2,1-3H3/p+2. The van der Waals surface area contributed by atoms with E-state index >= 15 is 0 Å². The first-order valence-electron chi connectivity index (χ1n) is 10.9. The van der Waals surface area contributed by atoms with Gasteiger partial charge in [-0.05, 0) is 41.8 Å². The van der Waals surface area contributed by atoms with Crippen LogP contribution in [-0.4, -0.2) is 51.6 Å². The molecular weight excluding hydrogens is 397 g/mol. The van der Waals surface area contributed by atoms with Crippen molar-refractivity contribution in [2.45, 2.75) is 26.3 Å². The Balaban J connectivity index is 1.39. The predicted molar refractivity (Wildman–Crippen MR) is 115 cm³/mol. The Morgan fingerprint density at radius 1 is 1.03 bits per heavy atom. The number of piperazine rings is 1. The van der Waals surface area contributed by atoms with Crippen molar-refractivity contribution in [3.63, 3.8) is 0 Å². The molecular formula is C24H30FN3O3+2. The number of nitrogens with zero attached hydrogens (tertiary/aromatic N) is 1. The molecule has 0 aromatic heterocycles. The summed E-state index contributed by atoms with van der Waals surface area (Å²) >= 11 is 0. The maximum Gasteiger partial charge on any atom is 0.303 e. The van der Waals surface area contributed by atoms with Crippen LogP contribution in [0.25, 0.3) is 0 Å². The number of Topliss-reactive ketones (excluding diaryl/α,β-unsaturated/α-hetero) is 1. The van der Waals surface area contributed by atoms with E-state index in [1.807, 2.05) is 18.2 Å². The summed E-state index contributed by atoms with van der Waals surface area (Å²) in [6.07, 6.45) is 0. The molecule has 1 fully saturated rings. The number of amides is 1. The lowest BCUT2D eigenvalue weighted by molar-refractivity contribution is -1.02. The number of rotatable bonds is 6. The highest BCUT2D eigenvalue weighted by Crippen LogP contribution is 2.31. The van der Waals surface area contributed by atoms with Crippen molar-refractivity contribution in [2.75, 3.05) is 44.9 Å². The lowest BCUT2D eigenvalue weighted by Crippen LogP contribution is -3.28. The zero-order valence-electron chi connectivity index (χ0n) is 18.3. The van der Waals surface area contributed by atoms with E-state index in [4.69, 9.17) is 4.74 Å². The Hall–Kier alpha value is -2.77. The molecule has 31 heavy (non-hydrogen) atoms. The summed E-state index contributed by atoms with van der Waals surface area (Å²) < 4.78 is 19.0. The second kappa shape index (κ2) is 8.77. The number of carbonyl (C=O) groups is 2. The molecule has 2 aromatic carbocycles. The number of hydrogen-bond acceptors (Lipinski definition) is 3. The van der Waals surface area contributed by atoms with Crippen molar-refractivity contribution >= 4 is 17.4 Å². The number of ether oxygens (including phenoxy) is 1. The molecule has 164 valence electrons. The minimum absolute atomic E-state index is 0.254. The molecule has 0 saturated carbocycles. The zero-order chi connectivity index (χ0) is 22.1. The third kappa shape index (κ3) is 4.34. The van der Waals surface area contributed by atoms with Gasteiger partial charge in [0.15, 0.2) is 6.67 Å². The first kappa shape index (κ1) is 21.5. The van der Waals surface area contributed by atoms with Crippen molar-refractivity contribution in [3.8, 4) is 5.75 Å². The highest BCUT2D eigenvalue weighted by molar-refractivity contribution is 6.52. The number of hydrogen-bond donors (Lipinski definition) is 2. The fourth-order valence-electron chi connectivity index (χ4n) is 4.50. The van der Waals surface area contributed by atoms with Crippen LogP contribution in [0.1, 0.15) is 41.3 Å². The van der Waals surface area contributed by atoms with Crippen molar-refractivity contribution < 1.29 is 28.5 Å². The molecule has 0 aliphatic carbocycles. The molecule has 2 N–H and O–H groups in total. The molecule has 4 rings (SSSR count). The number of nitrogens with one attached hydrogen (secondary N) is 2. The lowest BCUT2D eigenvalue weighted by Gasteiger charge is -2.32. The molecule has 1 saturated heterocycles. The van der Waals surface area contributed by atoms with Gasteiger partial charge in [-0.3, -0.25) is 14.5 Å². The average Bonchev–Trinajstić information content (AvgIpc) is 2.99. The molecule has 0 spiro atoms. The predicted octanol–water partition coefficient (Wildman–Crippen LogP) is 0.428. The summed E-state index contributed by atoms with van der Waals surface area (Å²) in [5.74, 6) is -0.0686. The molecule has 0 bridgehead atoms. The number of methoxy groups -OCH3 is 1. The zero-order valence-corrected chi connectivity index (χ0v) is 18.3. The molecule has 6 nitrogen and oxygen atoms in total. The van der Waals surface area contributed by atoms with Gasteiger partial charge in [-0.25, -0.2) is 4.39 Å². The number of ketones is 1. The second-order valence-corrected chi connectivity index (χ2v) is 8.78. The van der Waals surface area contributed by atoms with Crippen LogP contribution in [-0.2, 0) is 11.3 Å². The minimum Gasteiger partial charge on any atom is -0.496 e. The molecule has 2 aliphatic heterocycles. The third-order valence-electron chi connectivity index (χ3n) is 6.39. The van der Waals surface area contributed by atoms with Crippen LogP contribution in [0.15, 0.2) is 36.4 Å². The SMILES string of the molecule is COc1ccc(F)cc1C[NH+]1CC[NH+](CN2C(=O)C(=O)c3cc(C(C)C)ccc32)CC1. The van der Waals surface area contributed by atoms with E-state index in [9.17, 15) is 14.0 Å². The number of quaternary nitrogens is 2. The van der Waals surface area contributed by atoms with Gasteiger partial charge in [0.25, 0.3) is 5.78 Å². The van der Waals surface area contributed by atoms with Crippen LogP contribution < -0.4 is 19.4 Å². The topological polar surface area (TPSA) is 55.5 Å². The summed E-state index contributed by atoms with van der Waals surface area (Å²) in [4.78, 5) is 29.4. The van der Waals surface area contributed by atoms with E-state index < -0.39 is 11.7 Å². The summed E-state index contributed by atoms with van der Waals surface area (Å²) in [5, 5.41) is 0. The third-order valence-corrected chi connectivity index (χ3v) is 6.39. The van der Waals surface area contributed by atoms with Crippen LogP contribution in [0.2, 0.25) is 0 Å². The van der Waals surface area contributed by atoms with Crippen molar-refractivity contribution in [2.24, 2.45) is 0 Å². The van der Waals surface area contributed by atoms with Gasteiger partial charge >= 0.3 is 5.91 Å². The van der Waals surface area contributed by atoms with E-state index in [2.05, 4.69) is 13.8 Å². The van der Waals surface area contributed by atoms with Gasteiger partial charge in [-0.2, -0.15) is 0 Å². The second-order valence-electron chi connectivity index (χ2n) is 8.78. The fraction of sp³-hybridized carbons (Fsp3) is 0.417. The molecule has 2 aromatic rings. The van der Waals surface area contributed by atoms with E-state index in [1.54, 1.807) is 24.1 Å². The first-order chi connectivity index (χ1) is 14.9. The monoisotopic (exact) mass is 427 g/mol. The van der Waals surface area contributed by atoms with Crippen molar-refractivity contribution in [3.05, 3.63) is 58.9 Å². The van der Waals surface area contributed by atoms with Crippen molar-refractivity contribution in [1.82, 2.24) is 0 Å². The van der Waals surface area contributed by atoms with Crippen LogP contribution in [0.3, 0.4) is 0 Å². The Labute approximate surface area is 182 Å². The molecule has 2 aliphatic rings. The maximum atomic E-state index is 13.7. The number of fused-ring (bicyclic) bond motifs is 1. The fourth-order valence-corrected chi connectivity index (χ4v) is 4.50. The van der Waals surface area contributed by atoms with E-state index in [0.29, 0.717) is 30.4 Å². The van der Waals surface area contributed by atoms with Crippen LogP contribution in [0, 0.1) is 5.82 Å². The summed E-state index contributed by atoms with van der Waals surface area (Å²) in [6, 6.07) is 10.4. The molecule has 0 radical (unpaired) electrons. The molecule has 0 unspecified atom stereocenters.